The molecule has 0 heterocycles. The van der Waals surface area contributed by atoms with Gasteiger partial charge in [-0.2, -0.15) is 0 Å². The first kappa shape index (κ1) is 21.2. The Hall–Kier alpha value is -3.51. The Morgan fingerprint density at radius 1 is 0.833 bits per heavy atom. The highest BCUT2D eigenvalue weighted by Gasteiger charge is 2.13. The van der Waals surface area contributed by atoms with Crippen molar-refractivity contribution in [2.24, 2.45) is 0 Å². The van der Waals surface area contributed by atoms with Crippen molar-refractivity contribution in [3.63, 3.8) is 0 Å². The molecule has 0 radical (unpaired) electrons. The van der Waals surface area contributed by atoms with Crippen molar-refractivity contribution >= 4 is 11.6 Å². The molecule has 0 saturated heterocycles. The Morgan fingerprint density at radius 3 is 2.20 bits per heavy atom. The van der Waals surface area contributed by atoms with Crippen LogP contribution in [0.25, 0.3) is 0 Å². The van der Waals surface area contributed by atoms with E-state index in [9.17, 15) is 4.79 Å². The smallest absolute Gasteiger partial charge is 0.259 e. The molecule has 0 atom stereocenters. The van der Waals surface area contributed by atoms with Crippen molar-refractivity contribution in [3.8, 4) is 23.0 Å². The highest BCUT2D eigenvalue weighted by Crippen LogP contribution is 2.31. The predicted molar refractivity (Wildman–Crippen MR) is 116 cm³/mol. The Balaban J connectivity index is 1.64. The van der Waals surface area contributed by atoms with Crippen molar-refractivity contribution in [1.29, 1.82) is 0 Å². The van der Waals surface area contributed by atoms with Gasteiger partial charge in [-0.25, -0.2) is 0 Å². The molecule has 0 spiro atoms. The van der Waals surface area contributed by atoms with Crippen molar-refractivity contribution in [1.82, 2.24) is 0 Å². The van der Waals surface area contributed by atoms with Crippen LogP contribution in [0.4, 0.5) is 5.69 Å². The lowest BCUT2D eigenvalue weighted by molar-refractivity contribution is 0.0998. The van der Waals surface area contributed by atoms with Crippen LogP contribution in [-0.4, -0.2) is 32.8 Å². The first-order valence-electron chi connectivity index (χ1n) is 9.73. The number of rotatable bonds is 10. The maximum atomic E-state index is 12.7. The SMILES string of the molecule is CCOCCOc1ccccc1C(=O)Nc1ccc(Oc2ccccc2OC)cc1. The Morgan fingerprint density at radius 2 is 1.50 bits per heavy atom. The summed E-state index contributed by atoms with van der Waals surface area (Å²) in [6.07, 6.45) is 0. The third-order valence-corrected chi connectivity index (χ3v) is 4.23. The number of para-hydroxylation sites is 3. The van der Waals surface area contributed by atoms with E-state index in [1.54, 1.807) is 49.6 Å². The highest BCUT2D eigenvalue weighted by molar-refractivity contribution is 6.06. The molecule has 0 aliphatic rings. The highest BCUT2D eigenvalue weighted by atomic mass is 16.5. The van der Waals surface area contributed by atoms with Gasteiger partial charge in [0.25, 0.3) is 5.91 Å². The number of anilines is 1. The van der Waals surface area contributed by atoms with E-state index in [0.717, 1.165) is 0 Å². The van der Waals surface area contributed by atoms with Gasteiger partial charge >= 0.3 is 0 Å². The van der Waals surface area contributed by atoms with E-state index in [0.29, 0.717) is 54.1 Å². The first-order valence-corrected chi connectivity index (χ1v) is 9.73. The second-order valence-electron chi connectivity index (χ2n) is 6.27. The van der Waals surface area contributed by atoms with Gasteiger partial charge in [0.05, 0.1) is 19.3 Å². The number of benzene rings is 3. The summed E-state index contributed by atoms with van der Waals surface area (Å²) >= 11 is 0. The molecule has 0 aliphatic heterocycles. The second-order valence-corrected chi connectivity index (χ2v) is 6.27. The van der Waals surface area contributed by atoms with Crippen LogP contribution < -0.4 is 19.5 Å². The van der Waals surface area contributed by atoms with Gasteiger partial charge in [-0.3, -0.25) is 4.79 Å². The summed E-state index contributed by atoms with van der Waals surface area (Å²) < 4.78 is 22.1. The first-order chi connectivity index (χ1) is 14.7. The molecule has 6 nitrogen and oxygen atoms in total. The Bertz CT molecular complexity index is 956. The third kappa shape index (κ3) is 5.75. The third-order valence-electron chi connectivity index (χ3n) is 4.23. The maximum absolute atomic E-state index is 12.7. The number of methoxy groups -OCH3 is 1. The Labute approximate surface area is 176 Å². The van der Waals surface area contributed by atoms with Crippen LogP contribution in [0.3, 0.4) is 0 Å². The molecule has 3 aromatic carbocycles. The summed E-state index contributed by atoms with van der Waals surface area (Å²) in [6.45, 7) is 3.41. The summed E-state index contributed by atoms with van der Waals surface area (Å²) in [4.78, 5) is 12.7. The lowest BCUT2D eigenvalue weighted by atomic mass is 10.2. The molecule has 0 bridgehead atoms. The second kappa shape index (κ2) is 10.9. The lowest BCUT2D eigenvalue weighted by Crippen LogP contribution is -2.15. The summed E-state index contributed by atoms with van der Waals surface area (Å²) in [6, 6.07) is 21.7. The monoisotopic (exact) mass is 407 g/mol. The van der Waals surface area contributed by atoms with E-state index in [-0.39, 0.29) is 5.91 Å². The van der Waals surface area contributed by atoms with Crippen LogP contribution in [-0.2, 0) is 4.74 Å². The predicted octanol–water partition coefficient (Wildman–Crippen LogP) is 5.16. The molecule has 156 valence electrons. The Kier molecular flexibility index (Phi) is 7.69. The number of hydrogen-bond acceptors (Lipinski definition) is 5. The van der Waals surface area contributed by atoms with Crippen molar-refractivity contribution < 1.29 is 23.7 Å². The number of amides is 1. The molecule has 0 unspecified atom stereocenters. The summed E-state index contributed by atoms with van der Waals surface area (Å²) in [7, 11) is 1.60. The normalized spacial score (nSPS) is 10.3. The molecular formula is C24H25NO5. The molecule has 0 aliphatic carbocycles. The molecule has 0 saturated carbocycles. The fourth-order valence-electron chi connectivity index (χ4n) is 2.77. The molecular weight excluding hydrogens is 382 g/mol. The molecule has 30 heavy (non-hydrogen) atoms. The van der Waals surface area contributed by atoms with E-state index in [4.69, 9.17) is 18.9 Å². The van der Waals surface area contributed by atoms with Gasteiger partial charge in [-0.05, 0) is 55.5 Å². The maximum Gasteiger partial charge on any atom is 0.259 e. The standard InChI is InChI=1S/C24H25NO5/c1-3-28-16-17-29-21-9-5-4-8-20(21)24(26)25-18-12-14-19(15-13-18)30-23-11-7-6-10-22(23)27-2/h4-15H,3,16-17H2,1-2H3,(H,25,26). The number of hydrogen-bond donors (Lipinski definition) is 1. The lowest BCUT2D eigenvalue weighted by Gasteiger charge is -2.13. The molecule has 0 aromatic heterocycles. The minimum atomic E-state index is -0.250. The van der Waals surface area contributed by atoms with E-state index < -0.39 is 0 Å². The summed E-state index contributed by atoms with van der Waals surface area (Å²) in [5.74, 6) is 2.18. The minimum Gasteiger partial charge on any atom is -0.493 e. The van der Waals surface area contributed by atoms with E-state index in [2.05, 4.69) is 5.32 Å². The average molecular weight is 407 g/mol. The van der Waals surface area contributed by atoms with Crippen LogP contribution in [0.15, 0.2) is 72.8 Å². The molecule has 1 amide bonds. The zero-order valence-corrected chi connectivity index (χ0v) is 17.1. The van der Waals surface area contributed by atoms with Crippen molar-refractivity contribution in [3.05, 3.63) is 78.4 Å². The molecule has 0 fully saturated rings. The molecule has 1 N–H and O–H groups in total. The summed E-state index contributed by atoms with van der Waals surface area (Å²) in [5, 5.41) is 2.88. The van der Waals surface area contributed by atoms with Crippen molar-refractivity contribution in [2.45, 2.75) is 6.92 Å². The van der Waals surface area contributed by atoms with E-state index in [1.165, 1.54) is 0 Å². The van der Waals surface area contributed by atoms with Gasteiger partial charge in [-0.1, -0.05) is 24.3 Å². The largest absolute Gasteiger partial charge is 0.493 e. The molecule has 3 rings (SSSR count). The van der Waals surface area contributed by atoms with Crippen LogP contribution in [0.2, 0.25) is 0 Å². The number of carbonyl (C=O) groups excluding carboxylic acids is 1. The number of nitrogens with one attached hydrogen (secondary N) is 1. The minimum absolute atomic E-state index is 0.250. The van der Waals surface area contributed by atoms with Gasteiger partial charge < -0.3 is 24.3 Å². The number of ether oxygens (including phenoxy) is 4. The van der Waals surface area contributed by atoms with Crippen LogP contribution in [0.5, 0.6) is 23.0 Å². The average Bonchev–Trinajstić information content (AvgIpc) is 2.78. The van der Waals surface area contributed by atoms with Crippen LogP contribution >= 0.6 is 0 Å². The van der Waals surface area contributed by atoms with Gasteiger partial charge in [0.2, 0.25) is 0 Å². The van der Waals surface area contributed by atoms with Gasteiger partial charge in [0.1, 0.15) is 18.1 Å². The quantitative estimate of drug-likeness (QED) is 0.471. The fraction of sp³-hybridized carbons (Fsp3) is 0.208. The topological polar surface area (TPSA) is 66.0 Å². The molecule has 3 aromatic rings. The van der Waals surface area contributed by atoms with Crippen molar-refractivity contribution in [2.75, 3.05) is 32.2 Å². The van der Waals surface area contributed by atoms with E-state index >= 15 is 0 Å². The van der Waals surface area contributed by atoms with Crippen LogP contribution in [0, 0.1) is 0 Å². The number of carbonyl (C=O) groups is 1. The van der Waals surface area contributed by atoms with Gasteiger partial charge in [0.15, 0.2) is 11.5 Å². The summed E-state index contributed by atoms with van der Waals surface area (Å²) in [5.41, 5.74) is 1.11. The van der Waals surface area contributed by atoms with Gasteiger partial charge in [0, 0.05) is 12.3 Å². The zero-order chi connectivity index (χ0) is 21.2. The van der Waals surface area contributed by atoms with Crippen LogP contribution in [0.1, 0.15) is 17.3 Å². The fourth-order valence-corrected chi connectivity index (χ4v) is 2.77. The van der Waals surface area contributed by atoms with E-state index in [1.807, 2.05) is 37.3 Å². The van der Waals surface area contributed by atoms with Gasteiger partial charge in [-0.15, -0.1) is 0 Å². The zero-order valence-electron chi connectivity index (χ0n) is 17.1. The molecule has 6 heteroatoms.